The lowest BCUT2D eigenvalue weighted by atomic mass is 10.1. The molecule has 6 nitrogen and oxygen atoms in total. The largest absolute Gasteiger partial charge is 0.474 e. The van der Waals surface area contributed by atoms with Gasteiger partial charge < -0.3 is 19.5 Å². The Balaban J connectivity index is 2.85. The number of ether oxygens (including phenoxy) is 3. The summed E-state index contributed by atoms with van der Waals surface area (Å²) in [6, 6.07) is 3.52. The summed E-state index contributed by atoms with van der Waals surface area (Å²) >= 11 is 6.32. The third-order valence-corrected chi connectivity index (χ3v) is 3.53. The highest BCUT2D eigenvalue weighted by atomic mass is 35.5. The molecule has 0 radical (unpaired) electrons. The molecule has 0 aliphatic rings. The van der Waals surface area contributed by atoms with Crippen LogP contribution in [0.5, 0.6) is 5.75 Å². The maximum atomic E-state index is 12.0. The average Bonchev–Trinajstić information content (AvgIpc) is 2.47. The molecular weight excluding hydrogens is 358 g/mol. The van der Waals surface area contributed by atoms with Crippen LogP contribution < -0.4 is 10.1 Å². The Hall–Kier alpha value is -1.95. The normalized spacial score (nSPS) is 11.7. The number of rotatable bonds is 6. The van der Waals surface area contributed by atoms with Gasteiger partial charge in [0.2, 0.25) is 0 Å². The van der Waals surface area contributed by atoms with E-state index in [1.165, 1.54) is 0 Å². The number of aryl methyl sites for hydroxylation is 1. The third-order valence-electron chi connectivity index (χ3n) is 3.25. The molecule has 26 heavy (non-hydrogen) atoms. The highest BCUT2D eigenvalue weighted by Gasteiger charge is 2.33. The van der Waals surface area contributed by atoms with Gasteiger partial charge in [0.15, 0.2) is 5.60 Å². The van der Waals surface area contributed by atoms with Crippen molar-refractivity contribution in [2.45, 2.75) is 66.2 Å². The van der Waals surface area contributed by atoms with Gasteiger partial charge in [-0.05, 0) is 65.7 Å². The summed E-state index contributed by atoms with van der Waals surface area (Å²) in [5, 5.41) is 3.03. The van der Waals surface area contributed by atoms with Crippen LogP contribution in [0.15, 0.2) is 12.1 Å². The summed E-state index contributed by atoms with van der Waals surface area (Å²) in [4.78, 5) is 23.7. The lowest BCUT2D eigenvalue weighted by molar-refractivity contribution is -0.158. The van der Waals surface area contributed by atoms with Crippen LogP contribution in [0.4, 0.5) is 4.79 Å². The van der Waals surface area contributed by atoms with Crippen LogP contribution in [0.3, 0.4) is 0 Å². The molecule has 1 rings (SSSR count). The molecule has 0 saturated heterocycles. The smallest absolute Gasteiger partial charge is 0.407 e. The van der Waals surface area contributed by atoms with Crippen LogP contribution in [-0.2, 0) is 20.8 Å². The van der Waals surface area contributed by atoms with Gasteiger partial charge in [-0.1, -0.05) is 17.7 Å². The number of esters is 1. The number of carbonyl (C=O) groups excluding carboxylic acids is 2. The quantitative estimate of drug-likeness (QED) is 0.735. The van der Waals surface area contributed by atoms with Gasteiger partial charge in [0.05, 0.1) is 11.6 Å². The van der Waals surface area contributed by atoms with E-state index in [0.29, 0.717) is 10.8 Å². The van der Waals surface area contributed by atoms with Crippen molar-refractivity contribution in [2.75, 3.05) is 6.61 Å². The molecule has 0 aromatic heterocycles. The molecule has 0 aliphatic heterocycles. The standard InChI is InChI=1S/C19H28ClNO5/c1-8-24-16(22)19(6,7)25-15-12(2)9-13(10-14(15)20)11-21-17(23)26-18(3,4)5/h9-10H,8,11H2,1-7H3,(H,21,23). The Labute approximate surface area is 160 Å². The van der Waals surface area contributed by atoms with E-state index in [-0.39, 0.29) is 13.2 Å². The van der Waals surface area contributed by atoms with E-state index >= 15 is 0 Å². The van der Waals surface area contributed by atoms with Crippen LogP contribution in [0, 0.1) is 6.92 Å². The molecule has 0 unspecified atom stereocenters. The lowest BCUT2D eigenvalue weighted by Gasteiger charge is -2.26. The molecule has 1 amide bonds. The second-order valence-corrected chi connectivity index (χ2v) is 7.82. The van der Waals surface area contributed by atoms with Gasteiger partial charge in [-0.25, -0.2) is 9.59 Å². The molecule has 0 atom stereocenters. The van der Waals surface area contributed by atoms with Gasteiger partial charge in [-0.3, -0.25) is 0 Å². The molecule has 0 bridgehead atoms. The molecule has 0 saturated carbocycles. The van der Waals surface area contributed by atoms with Gasteiger partial charge in [0.1, 0.15) is 11.4 Å². The maximum Gasteiger partial charge on any atom is 0.407 e. The predicted molar refractivity (Wildman–Crippen MR) is 101 cm³/mol. The average molecular weight is 386 g/mol. The fourth-order valence-corrected chi connectivity index (χ4v) is 2.45. The monoisotopic (exact) mass is 385 g/mol. The molecule has 1 aromatic carbocycles. The molecule has 1 aromatic rings. The van der Waals surface area contributed by atoms with Crippen LogP contribution in [0.1, 0.15) is 52.7 Å². The van der Waals surface area contributed by atoms with E-state index in [1.54, 1.807) is 47.6 Å². The van der Waals surface area contributed by atoms with Crippen LogP contribution in [-0.4, -0.2) is 29.9 Å². The Morgan fingerprint density at radius 2 is 1.77 bits per heavy atom. The number of nitrogens with one attached hydrogen (secondary N) is 1. The van der Waals surface area contributed by atoms with Crippen molar-refractivity contribution < 1.29 is 23.8 Å². The summed E-state index contributed by atoms with van der Waals surface area (Å²) in [5.41, 5.74) is -0.190. The first kappa shape index (κ1) is 22.1. The number of hydrogen-bond acceptors (Lipinski definition) is 5. The summed E-state index contributed by atoms with van der Waals surface area (Å²) in [6.07, 6.45) is -0.505. The van der Waals surface area contributed by atoms with Crippen molar-refractivity contribution in [3.05, 3.63) is 28.3 Å². The van der Waals surface area contributed by atoms with Gasteiger partial charge in [-0.2, -0.15) is 0 Å². The number of benzene rings is 1. The number of alkyl carbamates (subject to hydrolysis) is 1. The van der Waals surface area contributed by atoms with Crippen molar-refractivity contribution in [2.24, 2.45) is 0 Å². The van der Waals surface area contributed by atoms with Crippen LogP contribution in [0.25, 0.3) is 0 Å². The Bertz CT molecular complexity index is 641. The predicted octanol–water partition coefficient (Wildman–Crippen LogP) is 4.39. The van der Waals surface area contributed by atoms with E-state index in [9.17, 15) is 9.59 Å². The van der Waals surface area contributed by atoms with E-state index in [2.05, 4.69) is 5.32 Å². The van der Waals surface area contributed by atoms with Crippen molar-refractivity contribution in [1.29, 1.82) is 0 Å². The van der Waals surface area contributed by atoms with Crippen LogP contribution in [0.2, 0.25) is 5.02 Å². The Kier molecular flexibility index (Phi) is 7.33. The highest BCUT2D eigenvalue weighted by Crippen LogP contribution is 2.33. The van der Waals surface area contributed by atoms with E-state index in [4.69, 9.17) is 25.8 Å². The van der Waals surface area contributed by atoms with Gasteiger partial charge >= 0.3 is 12.1 Å². The SMILES string of the molecule is CCOC(=O)C(C)(C)Oc1c(C)cc(CNC(=O)OC(C)(C)C)cc1Cl. The summed E-state index contributed by atoms with van der Waals surface area (Å²) in [7, 11) is 0. The summed E-state index contributed by atoms with van der Waals surface area (Å²) in [5.74, 6) is -0.0585. The zero-order chi connectivity index (χ0) is 20.1. The third kappa shape index (κ3) is 6.75. The second-order valence-electron chi connectivity index (χ2n) is 7.41. The summed E-state index contributed by atoms with van der Waals surface area (Å²) in [6.45, 7) is 12.7. The molecule has 7 heteroatoms. The van der Waals surface area contributed by atoms with Crippen LogP contribution >= 0.6 is 11.6 Å². The van der Waals surface area contributed by atoms with Crippen molar-refractivity contribution in [1.82, 2.24) is 5.32 Å². The molecule has 0 heterocycles. The first-order chi connectivity index (χ1) is 11.9. The molecule has 0 fully saturated rings. The first-order valence-corrected chi connectivity index (χ1v) is 8.85. The Morgan fingerprint density at radius 3 is 2.27 bits per heavy atom. The molecule has 0 aliphatic carbocycles. The van der Waals surface area contributed by atoms with E-state index in [0.717, 1.165) is 11.1 Å². The van der Waals surface area contributed by atoms with Gasteiger partial charge in [0, 0.05) is 6.54 Å². The number of hydrogen-bond donors (Lipinski definition) is 1. The minimum atomic E-state index is -1.17. The Morgan fingerprint density at radius 1 is 1.15 bits per heavy atom. The molecule has 1 N–H and O–H groups in total. The number of amides is 1. The molecule has 0 spiro atoms. The number of carbonyl (C=O) groups is 2. The van der Waals surface area contributed by atoms with Crippen molar-refractivity contribution in [3.63, 3.8) is 0 Å². The van der Waals surface area contributed by atoms with Gasteiger partial charge in [-0.15, -0.1) is 0 Å². The first-order valence-electron chi connectivity index (χ1n) is 8.48. The van der Waals surface area contributed by atoms with E-state index in [1.807, 2.05) is 13.0 Å². The maximum absolute atomic E-state index is 12.0. The minimum Gasteiger partial charge on any atom is -0.474 e. The summed E-state index contributed by atoms with van der Waals surface area (Å²) < 4.78 is 16.0. The zero-order valence-corrected chi connectivity index (χ0v) is 17.2. The van der Waals surface area contributed by atoms with Crippen molar-refractivity contribution >= 4 is 23.7 Å². The highest BCUT2D eigenvalue weighted by molar-refractivity contribution is 6.32. The fourth-order valence-electron chi connectivity index (χ4n) is 2.12. The topological polar surface area (TPSA) is 73.9 Å². The second kappa shape index (κ2) is 8.62. The lowest BCUT2D eigenvalue weighted by Crippen LogP contribution is -2.40. The minimum absolute atomic E-state index is 0.261. The molecular formula is C19H28ClNO5. The van der Waals surface area contributed by atoms with E-state index < -0.39 is 23.3 Å². The number of halogens is 1. The fraction of sp³-hybridized carbons (Fsp3) is 0.579. The van der Waals surface area contributed by atoms with Gasteiger partial charge in [0.25, 0.3) is 0 Å². The zero-order valence-electron chi connectivity index (χ0n) is 16.5. The van der Waals surface area contributed by atoms with Crippen molar-refractivity contribution in [3.8, 4) is 5.75 Å². The molecule has 146 valence electrons.